The first kappa shape index (κ1) is 49.7. The van der Waals surface area contributed by atoms with Gasteiger partial charge in [0.1, 0.15) is 35.4 Å². The summed E-state index contributed by atoms with van der Waals surface area (Å²) in [5.74, 6) is -1.67. The van der Waals surface area contributed by atoms with Crippen molar-refractivity contribution in [3.8, 4) is 39.7 Å². The zero-order valence-electron chi connectivity index (χ0n) is 39.3. The number of rotatable bonds is 15. The summed E-state index contributed by atoms with van der Waals surface area (Å²) in [6, 6.07) is 17.2. The van der Waals surface area contributed by atoms with Crippen LogP contribution in [0, 0.1) is 17.7 Å². The Morgan fingerprint density at radius 1 is 0.900 bits per heavy atom. The molecule has 6 N–H and O–H groups in total. The summed E-state index contributed by atoms with van der Waals surface area (Å²) >= 11 is 12.8. The number of ether oxygens (including phenoxy) is 1. The maximum Gasteiger partial charge on any atom is 0.348 e. The maximum absolute atomic E-state index is 15.7. The van der Waals surface area contributed by atoms with E-state index in [1.54, 1.807) is 60.9 Å². The fraction of sp³-hybridized carbons (Fsp3) is 0.373. The molecule has 1 atom stereocenters. The maximum atomic E-state index is 15.7. The molecule has 2 saturated heterocycles. The van der Waals surface area contributed by atoms with Crippen LogP contribution in [0.3, 0.4) is 0 Å². The number of halogens is 3. The molecule has 3 aromatic carbocycles. The number of nitrogens with one attached hydrogen (secondary N) is 4. The zero-order chi connectivity index (χ0) is 49.8. The number of nitrogens with zero attached hydrogens (tertiary/aromatic N) is 5. The first-order valence-corrected chi connectivity index (χ1v) is 24.2. The Labute approximate surface area is 414 Å². The molecule has 0 radical (unpaired) electrons. The van der Waals surface area contributed by atoms with E-state index in [9.17, 15) is 29.4 Å². The molecule has 2 aliphatic heterocycles. The number of aromatic hydroxyl groups is 2. The van der Waals surface area contributed by atoms with E-state index in [-0.39, 0.29) is 64.7 Å². The lowest BCUT2D eigenvalue weighted by Crippen LogP contribution is -2.46. The summed E-state index contributed by atoms with van der Waals surface area (Å²) in [6.45, 7) is 9.90. The van der Waals surface area contributed by atoms with Crippen LogP contribution >= 0.6 is 23.2 Å². The predicted molar refractivity (Wildman–Crippen MR) is 265 cm³/mol. The topological polar surface area (TPSA) is 211 Å². The standard InChI is InChI=1S/C51H56Cl2FN9O7/c1-28(2)37-21-39(45(65)23-44(37)64)47-59-60-51(69)63(47)36-9-8-33(41(54)20-36)26-61-14-10-30(11-15-61)49(67)62-16-12-31(13-17-62)50(68)70-27-43(32-6-5-7-35(52)18-32)58-48(66)42-19-34(24-55-42)38-22-46(57-29(3)4)56-25-40(38)53/h5-9,18-25,28-31,43,55,64-65H,10-17,26-27H2,1-4H3,(H,56,57)(H,58,66)(H,60,69)/t43-/m1/s1. The van der Waals surface area contributed by atoms with Gasteiger partial charge in [0, 0.05) is 71.8 Å². The normalized spacial score (nSPS) is 15.4. The highest BCUT2D eigenvalue weighted by Crippen LogP contribution is 2.38. The third-order valence-electron chi connectivity index (χ3n) is 12.9. The van der Waals surface area contributed by atoms with Crippen molar-refractivity contribution in [2.45, 2.75) is 77.9 Å². The van der Waals surface area contributed by atoms with E-state index < -0.39 is 35.3 Å². The predicted octanol–water partition coefficient (Wildman–Crippen LogP) is 8.58. The average Bonchev–Trinajstić information content (AvgIpc) is 3.98. The Hall–Kier alpha value is -6.69. The number of esters is 1. The monoisotopic (exact) mass is 995 g/mol. The Morgan fingerprint density at radius 2 is 1.64 bits per heavy atom. The molecule has 2 fully saturated rings. The molecule has 0 aliphatic carbocycles. The number of aromatic nitrogens is 5. The number of carbonyl (C=O) groups is 3. The van der Waals surface area contributed by atoms with Crippen molar-refractivity contribution in [2.75, 3.05) is 38.1 Å². The summed E-state index contributed by atoms with van der Waals surface area (Å²) in [7, 11) is 0. The van der Waals surface area contributed by atoms with Crippen LogP contribution in [0.4, 0.5) is 10.2 Å². The summed E-state index contributed by atoms with van der Waals surface area (Å²) in [5, 5.41) is 34.6. The third kappa shape index (κ3) is 11.3. The number of likely N-dealkylation sites (tertiary alicyclic amines) is 2. The van der Waals surface area contributed by atoms with E-state index in [1.165, 1.54) is 16.7 Å². The second kappa shape index (κ2) is 21.5. The van der Waals surface area contributed by atoms with Gasteiger partial charge >= 0.3 is 11.7 Å². The van der Waals surface area contributed by atoms with Crippen LogP contribution in [0.25, 0.3) is 28.2 Å². The number of hydrogen-bond donors (Lipinski definition) is 6. The molecule has 0 unspecified atom stereocenters. The summed E-state index contributed by atoms with van der Waals surface area (Å²) in [4.78, 5) is 65.0. The first-order valence-electron chi connectivity index (χ1n) is 23.4. The van der Waals surface area contributed by atoms with Gasteiger partial charge in [-0.1, -0.05) is 55.2 Å². The number of H-pyrrole nitrogens is 2. The van der Waals surface area contributed by atoms with Gasteiger partial charge in [0.2, 0.25) is 5.91 Å². The van der Waals surface area contributed by atoms with Gasteiger partial charge in [-0.3, -0.25) is 19.3 Å². The van der Waals surface area contributed by atoms with Crippen LogP contribution in [0.2, 0.25) is 10.0 Å². The Kier molecular flexibility index (Phi) is 15.3. The highest BCUT2D eigenvalue weighted by Gasteiger charge is 2.34. The highest BCUT2D eigenvalue weighted by molar-refractivity contribution is 6.33. The van der Waals surface area contributed by atoms with E-state index in [0.717, 1.165) is 0 Å². The Balaban J connectivity index is 0.822. The second-order valence-electron chi connectivity index (χ2n) is 18.6. The van der Waals surface area contributed by atoms with Crippen molar-refractivity contribution in [3.63, 3.8) is 0 Å². The van der Waals surface area contributed by atoms with Crippen molar-refractivity contribution < 1.29 is 33.7 Å². The largest absolute Gasteiger partial charge is 0.508 e. The zero-order valence-corrected chi connectivity index (χ0v) is 40.8. The number of benzene rings is 3. The third-order valence-corrected chi connectivity index (χ3v) is 13.5. The number of hydrogen-bond acceptors (Lipinski definition) is 11. The van der Waals surface area contributed by atoms with Crippen molar-refractivity contribution >= 4 is 46.8 Å². The molecule has 5 heterocycles. The number of pyridine rings is 1. The molecule has 3 aromatic heterocycles. The summed E-state index contributed by atoms with van der Waals surface area (Å²) in [6.07, 6.45) is 5.31. The minimum atomic E-state index is -0.718. The van der Waals surface area contributed by atoms with Crippen molar-refractivity contribution in [1.82, 2.24) is 39.8 Å². The lowest BCUT2D eigenvalue weighted by Gasteiger charge is -2.37. The van der Waals surface area contributed by atoms with Crippen LogP contribution in [0.1, 0.15) is 92.5 Å². The number of phenolic OH excluding ortho intramolecular Hbond substituents is 2. The second-order valence-corrected chi connectivity index (χ2v) is 19.4. The van der Waals surface area contributed by atoms with Crippen molar-refractivity contribution in [3.05, 3.63) is 128 Å². The molecule has 8 rings (SSSR count). The number of aromatic amines is 2. The van der Waals surface area contributed by atoms with Gasteiger partial charge in [-0.05, 0) is 112 Å². The van der Waals surface area contributed by atoms with E-state index in [4.69, 9.17) is 27.9 Å². The molecule has 70 heavy (non-hydrogen) atoms. The smallest absolute Gasteiger partial charge is 0.348 e. The van der Waals surface area contributed by atoms with Gasteiger partial charge in [-0.2, -0.15) is 5.10 Å². The van der Waals surface area contributed by atoms with Crippen LogP contribution < -0.4 is 16.3 Å². The quantitative estimate of drug-likeness (QED) is 0.0537. The molecule has 2 aliphatic rings. The number of carbonyl (C=O) groups excluding carboxylic acids is 3. The van der Waals surface area contributed by atoms with Crippen molar-refractivity contribution in [2.24, 2.45) is 11.8 Å². The van der Waals surface area contributed by atoms with E-state index in [2.05, 4.69) is 35.7 Å². The SMILES string of the molecule is CC(C)Nc1cc(-c2c[nH]c(C(=O)N[C@H](COC(=O)C3CCN(C(=O)C4CCN(Cc5ccc(-n6c(-c7cc(C(C)C)c(O)cc7O)n[nH]c6=O)cc5F)CC4)CC3)c3cccc(Cl)c3)c2)c(Cl)cn1. The van der Waals surface area contributed by atoms with Gasteiger partial charge in [0.05, 0.1) is 28.2 Å². The first-order chi connectivity index (χ1) is 33.5. The van der Waals surface area contributed by atoms with Gasteiger partial charge in [-0.25, -0.2) is 23.8 Å². The fourth-order valence-electron chi connectivity index (χ4n) is 9.11. The molecule has 16 nitrogen and oxygen atoms in total. The van der Waals surface area contributed by atoms with Crippen molar-refractivity contribution in [1.29, 1.82) is 0 Å². The van der Waals surface area contributed by atoms with Gasteiger partial charge in [-0.15, -0.1) is 0 Å². The molecule has 2 amide bonds. The Bertz CT molecular complexity index is 2940. The molecule has 0 spiro atoms. The summed E-state index contributed by atoms with van der Waals surface area (Å²) in [5.41, 5.74) is 3.10. The minimum absolute atomic E-state index is 0.0404. The number of piperidine rings is 2. The number of anilines is 1. The average molecular weight is 997 g/mol. The van der Waals surface area contributed by atoms with Crippen LogP contribution in [-0.4, -0.2) is 101 Å². The molecule has 6 aromatic rings. The van der Waals surface area contributed by atoms with Crippen LogP contribution in [0.5, 0.6) is 11.5 Å². The number of amides is 2. The Morgan fingerprint density at radius 3 is 2.34 bits per heavy atom. The minimum Gasteiger partial charge on any atom is -0.508 e. The van der Waals surface area contributed by atoms with E-state index in [1.807, 2.05) is 38.7 Å². The molecule has 0 saturated carbocycles. The van der Waals surface area contributed by atoms with Crippen LogP contribution in [0.15, 0.2) is 83.9 Å². The van der Waals surface area contributed by atoms with Crippen LogP contribution in [-0.2, 0) is 20.9 Å². The molecular formula is C51H56Cl2FN9O7. The molecule has 0 bridgehead atoms. The molecule has 368 valence electrons. The van der Waals surface area contributed by atoms with Gasteiger partial charge < -0.3 is 35.5 Å². The highest BCUT2D eigenvalue weighted by atomic mass is 35.5. The fourth-order valence-corrected chi connectivity index (χ4v) is 9.52. The molecule has 19 heteroatoms. The molecular weight excluding hydrogens is 941 g/mol. The lowest BCUT2D eigenvalue weighted by atomic mass is 9.92. The van der Waals surface area contributed by atoms with Gasteiger partial charge in [0.15, 0.2) is 5.82 Å². The van der Waals surface area contributed by atoms with Gasteiger partial charge in [0.25, 0.3) is 5.91 Å². The summed E-state index contributed by atoms with van der Waals surface area (Å²) < 4.78 is 22.7. The number of phenols is 2. The van der Waals surface area contributed by atoms with E-state index in [0.29, 0.717) is 102 Å². The lowest BCUT2D eigenvalue weighted by molar-refractivity contribution is -0.153. The van der Waals surface area contributed by atoms with E-state index >= 15 is 4.39 Å².